The molecule has 6 atom stereocenters. The van der Waals surface area contributed by atoms with Crippen LogP contribution >= 0.6 is 0 Å². The number of carbonyl (C=O) groups excluding carboxylic acids is 3. The highest BCUT2D eigenvalue weighted by Gasteiger charge is 2.65. The highest BCUT2D eigenvalue weighted by molar-refractivity contribution is 5.94. The Kier molecular flexibility index (Phi) is 5.08. The number of fused-ring (bicyclic) bond motifs is 4. The summed E-state index contributed by atoms with van der Waals surface area (Å²) >= 11 is 0. The lowest BCUT2D eigenvalue weighted by Gasteiger charge is -2.25. The molecule has 0 amide bonds. The van der Waals surface area contributed by atoms with Crippen molar-refractivity contribution in [3.8, 4) is 0 Å². The van der Waals surface area contributed by atoms with Crippen molar-refractivity contribution in [2.24, 2.45) is 0 Å². The first-order chi connectivity index (χ1) is 14.1. The Morgan fingerprint density at radius 3 is 2.73 bits per heavy atom. The third-order valence-electron chi connectivity index (χ3n) is 5.89. The van der Waals surface area contributed by atoms with Gasteiger partial charge in [-0.25, -0.2) is 9.59 Å². The van der Waals surface area contributed by atoms with Crippen molar-refractivity contribution in [1.82, 2.24) is 0 Å². The molecule has 0 spiro atoms. The number of rotatable bonds is 5. The standard InChI is InChI=1S/C21H24O9/c1-9-5-13(28-19(24)10(2)7-22)15-12(8-26-11(3)23)20(25)29-17(15)18-21(4,30-18)6-14-16(9)27-14/h13-14,16-18,22H,1-2,5-8H2,3-4H3. The van der Waals surface area contributed by atoms with E-state index in [1.54, 1.807) is 0 Å². The summed E-state index contributed by atoms with van der Waals surface area (Å²) in [5, 5.41) is 9.22. The molecule has 162 valence electrons. The van der Waals surface area contributed by atoms with Gasteiger partial charge in [0, 0.05) is 25.3 Å². The predicted octanol–water partition coefficient (Wildman–Crippen LogP) is 0.507. The monoisotopic (exact) mass is 420 g/mol. The van der Waals surface area contributed by atoms with Crippen molar-refractivity contribution in [3.63, 3.8) is 0 Å². The number of esters is 3. The van der Waals surface area contributed by atoms with E-state index in [9.17, 15) is 19.5 Å². The van der Waals surface area contributed by atoms with Crippen molar-refractivity contribution in [1.29, 1.82) is 0 Å². The van der Waals surface area contributed by atoms with Gasteiger partial charge in [-0.05, 0) is 12.5 Å². The summed E-state index contributed by atoms with van der Waals surface area (Å²) in [6.07, 6.45) is -1.62. The molecular weight excluding hydrogens is 396 g/mol. The molecule has 9 nitrogen and oxygen atoms in total. The first-order valence-electron chi connectivity index (χ1n) is 9.72. The molecule has 3 fully saturated rings. The summed E-state index contributed by atoms with van der Waals surface area (Å²) in [6, 6.07) is 0. The lowest BCUT2D eigenvalue weighted by Crippen LogP contribution is -2.35. The second-order valence-electron chi connectivity index (χ2n) is 8.21. The van der Waals surface area contributed by atoms with Gasteiger partial charge >= 0.3 is 17.9 Å². The van der Waals surface area contributed by atoms with Crippen LogP contribution in [0.25, 0.3) is 0 Å². The molecule has 0 aromatic rings. The maximum absolute atomic E-state index is 12.6. The van der Waals surface area contributed by atoms with Crippen LogP contribution in [0.15, 0.2) is 35.5 Å². The molecule has 3 heterocycles. The van der Waals surface area contributed by atoms with Gasteiger partial charge in [-0.2, -0.15) is 0 Å². The van der Waals surface area contributed by atoms with Crippen LogP contribution in [0.5, 0.6) is 0 Å². The van der Waals surface area contributed by atoms with Gasteiger partial charge in [0.2, 0.25) is 0 Å². The number of hydrogen-bond donors (Lipinski definition) is 1. The summed E-state index contributed by atoms with van der Waals surface area (Å²) in [5.41, 5.74) is 0.506. The van der Waals surface area contributed by atoms with Crippen molar-refractivity contribution in [3.05, 3.63) is 35.5 Å². The average Bonchev–Trinajstić information content (AvgIpc) is 3.55. The highest BCUT2D eigenvalue weighted by atomic mass is 16.7. The van der Waals surface area contributed by atoms with Crippen molar-refractivity contribution in [2.45, 2.75) is 62.8 Å². The van der Waals surface area contributed by atoms with Crippen LogP contribution in [0.1, 0.15) is 26.7 Å². The van der Waals surface area contributed by atoms with Gasteiger partial charge < -0.3 is 28.8 Å². The van der Waals surface area contributed by atoms with Crippen molar-refractivity contribution >= 4 is 17.9 Å². The zero-order valence-corrected chi connectivity index (χ0v) is 16.8. The predicted molar refractivity (Wildman–Crippen MR) is 100.0 cm³/mol. The van der Waals surface area contributed by atoms with E-state index in [1.165, 1.54) is 6.92 Å². The Labute approximate surface area is 173 Å². The van der Waals surface area contributed by atoms with Crippen LogP contribution in [0.3, 0.4) is 0 Å². The molecule has 0 aromatic heterocycles. The molecule has 6 unspecified atom stereocenters. The van der Waals surface area contributed by atoms with E-state index in [4.69, 9.17) is 23.7 Å². The minimum Gasteiger partial charge on any atom is -0.461 e. The first-order valence-corrected chi connectivity index (χ1v) is 9.72. The van der Waals surface area contributed by atoms with Crippen LogP contribution in [0.2, 0.25) is 0 Å². The molecule has 1 saturated carbocycles. The van der Waals surface area contributed by atoms with Gasteiger partial charge in [-0.1, -0.05) is 13.2 Å². The third-order valence-corrected chi connectivity index (χ3v) is 5.89. The fourth-order valence-electron chi connectivity index (χ4n) is 4.16. The van der Waals surface area contributed by atoms with Gasteiger partial charge in [0.15, 0.2) is 6.10 Å². The fraction of sp³-hybridized carbons (Fsp3) is 0.571. The second kappa shape index (κ2) is 7.33. The highest BCUT2D eigenvalue weighted by Crippen LogP contribution is 2.53. The summed E-state index contributed by atoms with van der Waals surface area (Å²) in [7, 11) is 0. The van der Waals surface area contributed by atoms with Crippen molar-refractivity contribution < 1.29 is 43.2 Å². The van der Waals surface area contributed by atoms with Crippen LogP contribution < -0.4 is 0 Å². The van der Waals surface area contributed by atoms with Crippen molar-refractivity contribution in [2.75, 3.05) is 13.2 Å². The van der Waals surface area contributed by atoms with E-state index in [0.29, 0.717) is 17.6 Å². The lowest BCUT2D eigenvalue weighted by molar-refractivity contribution is -0.144. The molecule has 1 aliphatic carbocycles. The number of hydrogen-bond acceptors (Lipinski definition) is 9. The fourth-order valence-corrected chi connectivity index (χ4v) is 4.16. The molecule has 0 bridgehead atoms. The largest absolute Gasteiger partial charge is 0.461 e. The Bertz CT molecular complexity index is 872. The zero-order valence-electron chi connectivity index (χ0n) is 16.8. The van der Waals surface area contributed by atoms with E-state index in [1.807, 2.05) is 6.92 Å². The minimum absolute atomic E-state index is 0.0561. The Morgan fingerprint density at radius 2 is 2.07 bits per heavy atom. The molecule has 30 heavy (non-hydrogen) atoms. The summed E-state index contributed by atoms with van der Waals surface area (Å²) in [6.45, 7) is 9.81. The molecule has 0 aromatic carbocycles. The lowest BCUT2D eigenvalue weighted by atomic mass is 9.85. The first kappa shape index (κ1) is 20.8. The van der Waals surface area contributed by atoms with Gasteiger partial charge in [-0.3, -0.25) is 4.79 Å². The average molecular weight is 420 g/mol. The smallest absolute Gasteiger partial charge is 0.338 e. The molecule has 0 radical (unpaired) electrons. The number of aliphatic hydroxyl groups excluding tert-OH is 1. The Hall–Kier alpha value is -2.49. The van der Waals surface area contributed by atoms with Crippen LogP contribution in [0.4, 0.5) is 0 Å². The number of carbonyl (C=O) groups is 3. The van der Waals surface area contributed by atoms with E-state index in [0.717, 1.165) is 0 Å². The Morgan fingerprint density at radius 1 is 1.33 bits per heavy atom. The SMILES string of the molecule is C=C(CO)C(=O)OC1CC(=C)C2OC2CC2(C)OC2C2OC(=O)C(COC(C)=O)=C12. The van der Waals surface area contributed by atoms with E-state index >= 15 is 0 Å². The quantitative estimate of drug-likeness (QED) is 0.223. The topological polar surface area (TPSA) is 124 Å². The minimum atomic E-state index is -0.938. The molecular formula is C21H24O9. The normalized spacial score (nSPS) is 36.7. The maximum Gasteiger partial charge on any atom is 0.338 e. The van der Waals surface area contributed by atoms with Gasteiger partial charge in [0.05, 0.1) is 29.5 Å². The van der Waals surface area contributed by atoms with E-state index in [2.05, 4.69) is 13.2 Å². The van der Waals surface area contributed by atoms with Crippen LogP contribution in [-0.2, 0) is 38.1 Å². The molecule has 4 aliphatic rings. The van der Waals surface area contributed by atoms with Crippen LogP contribution in [-0.4, -0.2) is 72.3 Å². The third kappa shape index (κ3) is 3.68. The number of epoxide rings is 2. The summed E-state index contributed by atoms with van der Waals surface area (Å²) < 4.78 is 27.9. The van der Waals surface area contributed by atoms with Gasteiger partial charge in [0.1, 0.15) is 24.9 Å². The molecule has 3 aliphatic heterocycles. The zero-order chi connectivity index (χ0) is 21.8. The summed E-state index contributed by atoms with van der Waals surface area (Å²) in [5.74, 6) is -2.02. The van der Waals surface area contributed by atoms with E-state index < -0.39 is 48.4 Å². The van der Waals surface area contributed by atoms with Gasteiger partial charge in [0.25, 0.3) is 0 Å². The van der Waals surface area contributed by atoms with E-state index in [-0.39, 0.29) is 36.4 Å². The van der Waals surface area contributed by atoms with Gasteiger partial charge in [-0.15, -0.1) is 0 Å². The number of ether oxygens (including phenoxy) is 5. The summed E-state index contributed by atoms with van der Waals surface area (Å²) in [4.78, 5) is 36.3. The number of aliphatic hydroxyl groups is 1. The molecule has 4 rings (SSSR count). The molecule has 2 saturated heterocycles. The van der Waals surface area contributed by atoms with Crippen LogP contribution in [0, 0.1) is 0 Å². The molecule has 1 N–H and O–H groups in total. The molecule has 9 heteroatoms. The Balaban J connectivity index is 1.73. The second-order valence-corrected chi connectivity index (χ2v) is 8.21. The maximum atomic E-state index is 12.6.